The number of thioether (sulfide) groups is 1. The molecule has 1 amide bonds. The van der Waals surface area contributed by atoms with Crippen LogP contribution >= 0.6 is 11.8 Å². The smallest absolute Gasteiger partial charge is 0.411 e. The normalized spacial score (nSPS) is 27.1. The van der Waals surface area contributed by atoms with Crippen LogP contribution in [0.25, 0.3) is 0 Å². The molecule has 0 aromatic carbocycles. The highest BCUT2D eigenvalue weighted by atomic mass is 32.2. The molecule has 0 bridgehead atoms. The summed E-state index contributed by atoms with van der Waals surface area (Å²) >= 11 is 1.56. The lowest BCUT2D eigenvalue weighted by Gasteiger charge is -2.34. The molecule has 4 atom stereocenters. The highest BCUT2D eigenvalue weighted by Crippen LogP contribution is 2.29. The van der Waals surface area contributed by atoms with Crippen molar-refractivity contribution in [2.75, 3.05) is 25.8 Å². The van der Waals surface area contributed by atoms with Crippen molar-refractivity contribution in [3.05, 3.63) is 0 Å². The van der Waals surface area contributed by atoms with Gasteiger partial charge in [-0.3, -0.25) is 4.90 Å². The fourth-order valence-corrected chi connectivity index (χ4v) is 4.22. The highest BCUT2D eigenvalue weighted by molar-refractivity contribution is 7.99. The van der Waals surface area contributed by atoms with Crippen LogP contribution in [0.15, 0.2) is 9.98 Å². The lowest BCUT2D eigenvalue weighted by atomic mass is 9.99. The molecule has 0 unspecified atom stereocenters. The average Bonchev–Trinajstić information content (AvgIpc) is 3.08. The monoisotopic (exact) mass is 401 g/mol. The second kappa shape index (κ2) is 8.68. The van der Waals surface area contributed by atoms with E-state index in [0.29, 0.717) is 23.4 Å². The second-order valence-electron chi connectivity index (χ2n) is 7.98. The minimum Gasteiger partial charge on any atom is -0.483 e. The summed E-state index contributed by atoms with van der Waals surface area (Å²) in [6.07, 6.45) is -1.43. The third-order valence-electron chi connectivity index (χ3n) is 4.35. The Bertz CT molecular complexity index is 602. The van der Waals surface area contributed by atoms with Crippen molar-refractivity contribution in [2.24, 2.45) is 15.9 Å². The molecule has 2 heterocycles. The Hall–Kier alpha value is -1.48. The number of hydrogen-bond donors (Lipinski definition) is 1. The van der Waals surface area contributed by atoms with E-state index in [9.17, 15) is 9.90 Å². The Labute approximate surface area is 165 Å². The molecule has 1 N–H and O–H groups in total. The first-order chi connectivity index (χ1) is 12.6. The minimum atomic E-state index is -0.982. The van der Waals surface area contributed by atoms with E-state index >= 15 is 0 Å². The van der Waals surface area contributed by atoms with Gasteiger partial charge in [-0.05, 0) is 26.7 Å². The van der Waals surface area contributed by atoms with Gasteiger partial charge in [-0.25, -0.2) is 14.8 Å². The van der Waals surface area contributed by atoms with Gasteiger partial charge < -0.3 is 19.3 Å². The zero-order valence-corrected chi connectivity index (χ0v) is 17.9. The van der Waals surface area contributed by atoms with E-state index in [1.165, 1.54) is 7.11 Å². The average molecular weight is 402 g/mol. The summed E-state index contributed by atoms with van der Waals surface area (Å²) in [5.74, 6) is 2.03. The number of aliphatic imine (C=N–C) groups is 2. The Kier molecular flexibility index (Phi) is 7.02. The van der Waals surface area contributed by atoms with Crippen molar-refractivity contribution in [2.45, 2.75) is 64.4 Å². The van der Waals surface area contributed by atoms with Gasteiger partial charge in [0.15, 0.2) is 6.04 Å². The summed E-state index contributed by atoms with van der Waals surface area (Å²) in [5.41, 5.74) is -0.602. The first-order valence-corrected chi connectivity index (χ1v) is 10.2. The van der Waals surface area contributed by atoms with E-state index < -0.39 is 29.9 Å². The predicted molar refractivity (Wildman–Crippen MR) is 106 cm³/mol. The Morgan fingerprint density at radius 1 is 1.19 bits per heavy atom. The van der Waals surface area contributed by atoms with E-state index in [4.69, 9.17) is 14.2 Å². The maximum Gasteiger partial charge on any atom is 0.411 e. The van der Waals surface area contributed by atoms with Crippen LogP contribution < -0.4 is 0 Å². The number of aliphatic hydroxyl groups is 1. The van der Waals surface area contributed by atoms with E-state index in [2.05, 4.69) is 9.98 Å². The van der Waals surface area contributed by atoms with Gasteiger partial charge in [-0.1, -0.05) is 13.8 Å². The molecule has 2 rings (SSSR count). The summed E-state index contributed by atoms with van der Waals surface area (Å²) in [4.78, 5) is 23.2. The van der Waals surface area contributed by atoms with Crippen molar-refractivity contribution in [3.8, 4) is 0 Å². The number of hydrogen-bond acceptors (Lipinski definition) is 8. The Morgan fingerprint density at radius 3 is 2.26 bits per heavy atom. The molecule has 154 valence electrons. The van der Waals surface area contributed by atoms with Crippen LogP contribution in [-0.2, 0) is 14.2 Å². The molecule has 0 spiro atoms. The van der Waals surface area contributed by atoms with Gasteiger partial charge >= 0.3 is 6.09 Å². The molecule has 1 fully saturated rings. The number of ether oxygens (including phenoxy) is 3. The maximum absolute atomic E-state index is 12.5. The Balaban J connectivity index is 2.24. The molecule has 1 saturated heterocycles. The van der Waals surface area contributed by atoms with Gasteiger partial charge in [0.25, 0.3) is 0 Å². The van der Waals surface area contributed by atoms with Gasteiger partial charge in [0.05, 0.1) is 26.1 Å². The van der Waals surface area contributed by atoms with Crippen LogP contribution in [0.4, 0.5) is 4.79 Å². The topological polar surface area (TPSA) is 93.0 Å². The van der Waals surface area contributed by atoms with Gasteiger partial charge in [0, 0.05) is 5.75 Å². The minimum absolute atomic E-state index is 0.173. The SMILES string of the molecule is COC1=N[C@H](C(C)C)C(OC)=N[C@H]1[C@H](O)[C@@H]1CSCN1C(=O)OC(C)(C)C. The van der Waals surface area contributed by atoms with Crippen LogP contribution in [0.2, 0.25) is 0 Å². The molecule has 8 nitrogen and oxygen atoms in total. The predicted octanol–water partition coefficient (Wildman–Crippen LogP) is 2.15. The van der Waals surface area contributed by atoms with Crippen molar-refractivity contribution in [1.82, 2.24) is 4.90 Å². The summed E-state index contributed by atoms with van der Waals surface area (Å²) in [5, 5.41) is 11.0. The summed E-state index contributed by atoms with van der Waals surface area (Å²) in [6, 6.07) is -1.44. The van der Waals surface area contributed by atoms with Crippen molar-refractivity contribution in [1.29, 1.82) is 0 Å². The lowest BCUT2D eigenvalue weighted by molar-refractivity contribution is 0.00526. The van der Waals surface area contributed by atoms with Crippen LogP contribution in [0.3, 0.4) is 0 Å². The van der Waals surface area contributed by atoms with Crippen LogP contribution in [-0.4, -0.2) is 83.6 Å². The fraction of sp³-hybridized carbons (Fsp3) is 0.833. The number of aliphatic hydroxyl groups excluding tert-OH is 1. The molecule has 2 aliphatic heterocycles. The van der Waals surface area contributed by atoms with Gasteiger partial charge in [0.2, 0.25) is 11.8 Å². The first-order valence-electron chi connectivity index (χ1n) is 9.07. The van der Waals surface area contributed by atoms with Gasteiger partial charge in [-0.2, -0.15) is 0 Å². The molecule has 0 radical (unpaired) electrons. The van der Waals surface area contributed by atoms with Gasteiger partial charge in [-0.15, -0.1) is 11.8 Å². The third-order valence-corrected chi connectivity index (χ3v) is 5.39. The van der Waals surface area contributed by atoms with Crippen molar-refractivity contribution >= 4 is 29.7 Å². The quantitative estimate of drug-likeness (QED) is 0.779. The number of nitrogens with zero attached hydrogens (tertiary/aromatic N) is 3. The summed E-state index contributed by atoms with van der Waals surface area (Å²) < 4.78 is 16.3. The molecule has 9 heteroatoms. The molecular formula is C18H31N3O5S. The number of carbonyl (C=O) groups excluding carboxylic acids is 1. The molecule has 2 aliphatic rings. The van der Waals surface area contributed by atoms with Crippen LogP contribution in [0.5, 0.6) is 0 Å². The Morgan fingerprint density at radius 2 is 1.74 bits per heavy atom. The number of methoxy groups -OCH3 is 2. The molecule has 0 aromatic heterocycles. The summed E-state index contributed by atoms with van der Waals surface area (Å²) in [7, 11) is 3.06. The first kappa shape index (κ1) is 21.8. The third kappa shape index (κ3) is 5.07. The van der Waals surface area contributed by atoms with E-state index in [-0.39, 0.29) is 12.0 Å². The number of carbonyl (C=O) groups is 1. The fourth-order valence-electron chi connectivity index (χ4n) is 3.00. The van der Waals surface area contributed by atoms with Crippen LogP contribution in [0, 0.1) is 5.92 Å². The maximum atomic E-state index is 12.5. The van der Waals surface area contributed by atoms with Crippen molar-refractivity contribution in [3.63, 3.8) is 0 Å². The van der Waals surface area contributed by atoms with E-state index in [1.807, 2.05) is 34.6 Å². The van der Waals surface area contributed by atoms with Crippen molar-refractivity contribution < 1.29 is 24.1 Å². The second-order valence-corrected chi connectivity index (χ2v) is 8.98. The largest absolute Gasteiger partial charge is 0.483 e. The van der Waals surface area contributed by atoms with E-state index in [1.54, 1.807) is 23.8 Å². The lowest BCUT2D eigenvalue weighted by Crippen LogP contribution is -2.53. The summed E-state index contributed by atoms with van der Waals surface area (Å²) in [6.45, 7) is 9.49. The number of rotatable bonds is 3. The highest BCUT2D eigenvalue weighted by Gasteiger charge is 2.44. The standard InChI is InChI=1S/C18H31N3O5S/c1-10(2)12-15(24-6)20-13(16(19-12)25-7)14(22)11-8-27-9-21(11)17(23)26-18(3,4)5/h10-14,22H,8-9H2,1-7H3/t11-,12+,13-,14+/m0/s1. The molecule has 0 aliphatic carbocycles. The zero-order chi connectivity index (χ0) is 20.4. The molecular weight excluding hydrogens is 370 g/mol. The van der Waals surface area contributed by atoms with Gasteiger partial charge in [0.1, 0.15) is 17.7 Å². The van der Waals surface area contributed by atoms with E-state index in [0.717, 1.165) is 0 Å². The molecule has 0 aromatic rings. The number of amides is 1. The zero-order valence-electron chi connectivity index (χ0n) is 17.1. The molecule has 0 saturated carbocycles. The van der Waals surface area contributed by atoms with Crippen LogP contribution in [0.1, 0.15) is 34.6 Å². The molecule has 27 heavy (non-hydrogen) atoms.